The van der Waals surface area contributed by atoms with Gasteiger partial charge in [0.2, 0.25) is 0 Å². The molecule has 23 heavy (non-hydrogen) atoms. The Morgan fingerprint density at radius 2 is 1.48 bits per heavy atom. The van der Waals surface area contributed by atoms with E-state index in [2.05, 4.69) is 20.8 Å². The molecule has 0 bridgehead atoms. The van der Waals surface area contributed by atoms with Crippen molar-refractivity contribution in [2.24, 2.45) is 11.3 Å². The van der Waals surface area contributed by atoms with E-state index in [4.69, 9.17) is 23.2 Å². The zero-order chi connectivity index (χ0) is 17.4. The zero-order valence-corrected chi connectivity index (χ0v) is 15.1. The minimum absolute atomic E-state index is 0.115. The molecule has 1 aliphatic rings. The highest BCUT2D eigenvalue weighted by molar-refractivity contribution is 6.34. The number of rotatable bonds is 2. The molecule has 0 amide bonds. The predicted octanol–water partition coefficient (Wildman–Crippen LogP) is 6.35. The van der Waals surface area contributed by atoms with Crippen molar-refractivity contribution in [3.8, 4) is 0 Å². The lowest BCUT2D eigenvalue weighted by Crippen LogP contribution is -2.44. The van der Waals surface area contributed by atoms with Crippen molar-refractivity contribution in [2.45, 2.75) is 45.8 Å². The van der Waals surface area contributed by atoms with Crippen molar-refractivity contribution in [2.75, 3.05) is 13.1 Å². The summed E-state index contributed by atoms with van der Waals surface area (Å²) in [6.07, 6.45) is -2.82. The predicted molar refractivity (Wildman–Crippen MR) is 89.0 cm³/mol. The molecule has 1 saturated heterocycles. The summed E-state index contributed by atoms with van der Waals surface area (Å²) in [6, 6.07) is 2.52. The first-order valence-corrected chi connectivity index (χ1v) is 8.51. The molecular weight excluding hydrogens is 346 g/mol. The summed E-state index contributed by atoms with van der Waals surface area (Å²) in [5, 5.41) is 0.456. The first kappa shape index (κ1) is 18.9. The Hall–Kier alpha value is -0.450. The van der Waals surface area contributed by atoms with Crippen LogP contribution in [0, 0.1) is 11.3 Å². The summed E-state index contributed by atoms with van der Waals surface area (Å²) in [4.78, 5) is 1.50. The van der Waals surface area contributed by atoms with Crippen LogP contribution < -0.4 is 0 Å². The fourth-order valence-corrected chi connectivity index (χ4v) is 3.91. The molecule has 130 valence electrons. The standard InChI is InChI=1S/C17H22Cl2F3N/c1-16(2,3)12-4-6-23(7-5-12)15(17(20,21)22)11-8-13(18)10-14(19)9-11/h8-10,12,15H,4-7H2,1-3H3/t15-/m1/s1. The molecule has 1 nitrogen and oxygen atoms in total. The number of nitrogens with zero attached hydrogens (tertiary/aromatic N) is 1. The van der Waals surface area contributed by atoms with Crippen LogP contribution in [0.2, 0.25) is 10.0 Å². The summed E-state index contributed by atoms with van der Waals surface area (Å²) >= 11 is 11.8. The molecule has 0 radical (unpaired) electrons. The van der Waals surface area contributed by atoms with Gasteiger partial charge in [-0.05, 0) is 61.0 Å². The Bertz CT molecular complexity index is 523. The molecule has 6 heteroatoms. The fraction of sp³-hybridized carbons (Fsp3) is 0.647. The van der Waals surface area contributed by atoms with Crippen molar-refractivity contribution >= 4 is 23.2 Å². The van der Waals surface area contributed by atoms with Gasteiger partial charge in [0.1, 0.15) is 6.04 Å². The Labute approximate surface area is 145 Å². The van der Waals surface area contributed by atoms with E-state index in [1.165, 1.54) is 23.1 Å². The van der Waals surface area contributed by atoms with Gasteiger partial charge in [-0.1, -0.05) is 44.0 Å². The first-order chi connectivity index (χ1) is 10.5. The first-order valence-electron chi connectivity index (χ1n) is 7.75. The van der Waals surface area contributed by atoms with Crippen molar-refractivity contribution in [3.63, 3.8) is 0 Å². The molecule has 1 aliphatic heterocycles. The molecule has 1 atom stereocenters. The quantitative estimate of drug-likeness (QED) is 0.588. The maximum absolute atomic E-state index is 13.7. The molecule has 0 saturated carbocycles. The highest BCUT2D eigenvalue weighted by atomic mass is 35.5. The molecule has 0 aliphatic carbocycles. The molecule has 2 rings (SSSR count). The van der Waals surface area contributed by atoms with Crippen LogP contribution in [0.25, 0.3) is 0 Å². The Balaban J connectivity index is 2.24. The highest BCUT2D eigenvalue weighted by Gasteiger charge is 2.46. The van der Waals surface area contributed by atoms with E-state index in [-0.39, 0.29) is 21.0 Å². The maximum Gasteiger partial charge on any atom is 0.408 e. The second-order valence-corrected chi connectivity index (χ2v) is 8.20. The molecule has 1 aromatic carbocycles. The van der Waals surface area contributed by atoms with Gasteiger partial charge in [-0.25, -0.2) is 0 Å². The van der Waals surface area contributed by atoms with Crippen LogP contribution in [-0.2, 0) is 0 Å². The van der Waals surface area contributed by atoms with E-state index in [0.29, 0.717) is 19.0 Å². The number of hydrogen-bond acceptors (Lipinski definition) is 1. The lowest BCUT2D eigenvalue weighted by molar-refractivity contribution is -0.190. The lowest BCUT2D eigenvalue weighted by atomic mass is 9.75. The van der Waals surface area contributed by atoms with E-state index in [1.807, 2.05) is 0 Å². The zero-order valence-electron chi connectivity index (χ0n) is 13.6. The number of piperidine rings is 1. The van der Waals surface area contributed by atoms with Gasteiger partial charge in [-0.2, -0.15) is 13.2 Å². The third-order valence-corrected chi connectivity index (χ3v) is 5.07. The second kappa shape index (κ2) is 6.81. The fourth-order valence-electron chi connectivity index (χ4n) is 3.36. The number of alkyl halides is 3. The van der Waals surface area contributed by atoms with Crippen LogP contribution in [0.1, 0.15) is 45.2 Å². The summed E-state index contributed by atoms with van der Waals surface area (Å²) in [5.41, 5.74) is 0.239. The third kappa shape index (κ3) is 4.77. The monoisotopic (exact) mass is 367 g/mol. The van der Waals surface area contributed by atoms with Crippen molar-refractivity contribution in [1.29, 1.82) is 0 Å². The number of hydrogen-bond donors (Lipinski definition) is 0. The van der Waals surface area contributed by atoms with E-state index < -0.39 is 12.2 Å². The van der Waals surface area contributed by atoms with E-state index in [9.17, 15) is 13.2 Å². The van der Waals surface area contributed by atoms with Gasteiger partial charge >= 0.3 is 6.18 Å². The molecule has 0 unspecified atom stereocenters. The number of halogens is 5. The van der Waals surface area contributed by atoms with Gasteiger partial charge in [0.15, 0.2) is 0 Å². The average Bonchev–Trinajstić information content (AvgIpc) is 2.35. The van der Waals surface area contributed by atoms with Gasteiger partial charge in [-0.15, -0.1) is 0 Å². The van der Waals surface area contributed by atoms with Crippen molar-refractivity contribution < 1.29 is 13.2 Å². The highest BCUT2D eigenvalue weighted by Crippen LogP contribution is 2.43. The van der Waals surface area contributed by atoms with Crippen LogP contribution >= 0.6 is 23.2 Å². The minimum Gasteiger partial charge on any atom is -0.289 e. The number of likely N-dealkylation sites (tertiary alicyclic amines) is 1. The topological polar surface area (TPSA) is 3.24 Å². The van der Waals surface area contributed by atoms with Crippen LogP contribution in [0.3, 0.4) is 0 Å². The normalized spacial score (nSPS) is 19.8. The molecule has 1 heterocycles. The molecule has 1 fully saturated rings. The van der Waals surface area contributed by atoms with Crippen LogP contribution in [0.5, 0.6) is 0 Å². The minimum atomic E-state index is -4.36. The van der Waals surface area contributed by atoms with Gasteiger partial charge in [0.25, 0.3) is 0 Å². The summed E-state index contributed by atoms with van der Waals surface area (Å²) in [5.74, 6) is 0.440. The van der Waals surface area contributed by atoms with Crippen LogP contribution in [-0.4, -0.2) is 24.2 Å². The molecule has 0 aromatic heterocycles. The van der Waals surface area contributed by atoms with Gasteiger partial charge < -0.3 is 0 Å². The van der Waals surface area contributed by atoms with E-state index >= 15 is 0 Å². The summed E-state index contributed by atoms with van der Waals surface area (Å²) in [7, 11) is 0. The average molecular weight is 368 g/mol. The SMILES string of the molecule is CC(C)(C)C1CCN([C@H](c2cc(Cl)cc(Cl)c2)C(F)(F)F)CC1. The van der Waals surface area contributed by atoms with Gasteiger partial charge in [-0.3, -0.25) is 4.90 Å². The Morgan fingerprint density at radius 1 is 1.00 bits per heavy atom. The third-order valence-electron chi connectivity index (χ3n) is 4.63. The molecular formula is C17H22Cl2F3N. The number of benzene rings is 1. The maximum atomic E-state index is 13.7. The Kier molecular flexibility index (Phi) is 5.59. The van der Waals surface area contributed by atoms with Gasteiger partial charge in [0.05, 0.1) is 0 Å². The molecule has 0 spiro atoms. The van der Waals surface area contributed by atoms with Gasteiger partial charge in [0, 0.05) is 10.0 Å². The molecule has 1 aromatic rings. The van der Waals surface area contributed by atoms with Crippen LogP contribution in [0.4, 0.5) is 13.2 Å². The van der Waals surface area contributed by atoms with Crippen molar-refractivity contribution in [1.82, 2.24) is 4.90 Å². The van der Waals surface area contributed by atoms with Crippen LogP contribution in [0.15, 0.2) is 18.2 Å². The Morgan fingerprint density at radius 3 is 1.87 bits per heavy atom. The second-order valence-electron chi connectivity index (χ2n) is 7.32. The summed E-state index contributed by atoms with van der Waals surface area (Å²) in [6.45, 7) is 7.29. The van der Waals surface area contributed by atoms with E-state index in [0.717, 1.165) is 12.8 Å². The lowest BCUT2D eigenvalue weighted by Gasteiger charge is -2.42. The molecule has 0 N–H and O–H groups in total. The summed E-state index contributed by atoms with van der Waals surface area (Å²) < 4.78 is 41.0. The van der Waals surface area contributed by atoms with E-state index in [1.54, 1.807) is 0 Å². The largest absolute Gasteiger partial charge is 0.408 e. The van der Waals surface area contributed by atoms with Crippen molar-refractivity contribution in [3.05, 3.63) is 33.8 Å². The smallest absolute Gasteiger partial charge is 0.289 e.